The molecule has 2 atom stereocenters. The van der Waals surface area contributed by atoms with Crippen molar-refractivity contribution in [3.05, 3.63) is 65.1 Å². The van der Waals surface area contributed by atoms with Crippen molar-refractivity contribution in [2.45, 2.75) is 38.3 Å². The molecule has 1 aliphatic heterocycles. The highest BCUT2D eigenvalue weighted by atomic mass is 32.1. The van der Waals surface area contributed by atoms with E-state index in [1.807, 2.05) is 0 Å². The molecular weight excluding hydrogens is 461 g/mol. The molecule has 5 N–H and O–H groups in total. The molecule has 180 valence electrons. The molecule has 1 amide bonds. The van der Waals surface area contributed by atoms with Crippen molar-refractivity contribution in [3.63, 3.8) is 0 Å². The van der Waals surface area contributed by atoms with Gasteiger partial charge in [0.2, 0.25) is 0 Å². The van der Waals surface area contributed by atoms with Crippen molar-refractivity contribution in [2.75, 3.05) is 18.5 Å². The van der Waals surface area contributed by atoms with E-state index in [1.165, 1.54) is 23.5 Å². The summed E-state index contributed by atoms with van der Waals surface area (Å²) in [7, 11) is 0. The summed E-state index contributed by atoms with van der Waals surface area (Å²) in [5.41, 5.74) is 5.95. The largest absolute Gasteiger partial charge is 0.388 e. The SMILES string of the molecule is CC(C)(O)c1ccc(-c2cc(C(N)=O)c(Nc3cccc(CO[C@@H]4COC[C@@H]4O)n3)s2)c(F)c1. The molecule has 34 heavy (non-hydrogen) atoms. The predicted molar refractivity (Wildman–Crippen MR) is 126 cm³/mol. The van der Waals surface area contributed by atoms with Crippen LogP contribution in [0.3, 0.4) is 0 Å². The number of amides is 1. The first-order valence-electron chi connectivity index (χ1n) is 10.7. The van der Waals surface area contributed by atoms with Gasteiger partial charge in [0.25, 0.3) is 5.91 Å². The van der Waals surface area contributed by atoms with E-state index in [-0.39, 0.29) is 18.8 Å². The number of hydrogen-bond donors (Lipinski definition) is 4. The van der Waals surface area contributed by atoms with E-state index in [1.54, 1.807) is 44.2 Å². The molecule has 1 saturated heterocycles. The van der Waals surface area contributed by atoms with Gasteiger partial charge in [0.05, 0.1) is 36.7 Å². The van der Waals surface area contributed by atoms with Gasteiger partial charge in [-0.2, -0.15) is 0 Å². The Labute approximate surface area is 200 Å². The van der Waals surface area contributed by atoms with E-state index in [0.717, 1.165) is 0 Å². The molecule has 1 aliphatic rings. The number of nitrogens with one attached hydrogen (secondary N) is 1. The summed E-state index contributed by atoms with van der Waals surface area (Å²) < 4.78 is 25.7. The van der Waals surface area contributed by atoms with Crippen molar-refractivity contribution in [3.8, 4) is 10.4 Å². The number of aliphatic hydroxyl groups is 2. The molecule has 3 heterocycles. The van der Waals surface area contributed by atoms with Crippen LogP contribution in [-0.2, 0) is 21.7 Å². The minimum atomic E-state index is -1.18. The first-order valence-corrected chi connectivity index (χ1v) is 11.5. The predicted octanol–water partition coefficient (Wildman–Crippen LogP) is 3.30. The third kappa shape index (κ3) is 5.43. The lowest BCUT2D eigenvalue weighted by Gasteiger charge is -2.18. The summed E-state index contributed by atoms with van der Waals surface area (Å²) in [6.07, 6.45) is -1.07. The summed E-state index contributed by atoms with van der Waals surface area (Å²) in [5.74, 6) is -0.718. The van der Waals surface area contributed by atoms with Crippen molar-refractivity contribution in [2.24, 2.45) is 5.73 Å². The van der Waals surface area contributed by atoms with Crippen LogP contribution in [0.2, 0.25) is 0 Å². The molecule has 8 nitrogen and oxygen atoms in total. The van der Waals surface area contributed by atoms with Crippen LogP contribution in [0.5, 0.6) is 0 Å². The molecule has 0 spiro atoms. The van der Waals surface area contributed by atoms with Crippen LogP contribution in [0.4, 0.5) is 15.2 Å². The Morgan fingerprint density at radius 2 is 2.12 bits per heavy atom. The van der Waals surface area contributed by atoms with Gasteiger partial charge in [-0.25, -0.2) is 9.37 Å². The smallest absolute Gasteiger partial charge is 0.251 e. The maximum absolute atomic E-state index is 14.8. The third-order valence-corrected chi connectivity index (χ3v) is 6.52. The first kappa shape index (κ1) is 24.2. The van der Waals surface area contributed by atoms with Crippen LogP contribution in [0.15, 0.2) is 42.5 Å². The Balaban J connectivity index is 1.55. The van der Waals surface area contributed by atoms with Gasteiger partial charge in [-0.1, -0.05) is 18.2 Å². The van der Waals surface area contributed by atoms with E-state index in [2.05, 4.69) is 10.3 Å². The molecule has 0 radical (unpaired) electrons. The maximum atomic E-state index is 14.8. The number of halogens is 1. The fraction of sp³-hybridized carbons (Fsp3) is 0.333. The van der Waals surface area contributed by atoms with Gasteiger partial charge < -0.3 is 30.7 Å². The summed E-state index contributed by atoms with van der Waals surface area (Å²) in [6.45, 7) is 3.91. The molecule has 1 fully saturated rings. The standard InChI is InChI=1S/C24H26FN3O5S/c1-24(2,31)13-6-7-15(17(25)8-13)20-9-16(22(26)30)23(34-20)28-21-5-3-4-14(27-21)10-33-19-12-32-11-18(19)29/h3-9,18-19,29,31H,10-12H2,1-2H3,(H2,26,30)(H,27,28)/t18-,19+/m0/s1. The highest BCUT2D eigenvalue weighted by Gasteiger charge is 2.27. The summed E-state index contributed by atoms with van der Waals surface area (Å²) in [5, 5.41) is 23.5. The Bertz CT molecular complexity index is 1190. The number of carbonyl (C=O) groups is 1. The number of ether oxygens (including phenoxy) is 2. The van der Waals surface area contributed by atoms with Gasteiger partial charge in [0.15, 0.2) is 0 Å². The highest BCUT2D eigenvalue weighted by Crippen LogP contribution is 2.38. The monoisotopic (exact) mass is 487 g/mol. The average molecular weight is 488 g/mol. The number of thiophene rings is 1. The lowest BCUT2D eigenvalue weighted by atomic mass is 9.96. The van der Waals surface area contributed by atoms with Crippen LogP contribution in [0, 0.1) is 5.82 Å². The molecular formula is C24H26FN3O5S. The van der Waals surface area contributed by atoms with Gasteiger partial charge >= 0.3 is 0 Å². The Hall–Kier alpha value is -2.89. The number of aromatic nitrogens is 1. The Morgan fingerprint density at radius 1 is 1.32 bits per heavy atom. The Kier molecular flexibility index (Phi) is 6.96. The normalized spacial score (nSPS) is 18.3. The van der Waals surface area contributed by atoms with Gasteiger partial charge in [-0.15, -0.1) is 11.3 Å². The molecule has 0 saturated carbocycles. The number of hydrogen-bond acceptors (Lipinski definition) is 8. The quantitative estimate of drug-likeness (QED) is 0.384. The fourth-order valence-corrected chi connectivity index (χ4v) is 4.61. The lowest BCUT2D eigenvalue weighted by Crippen LogP contribution is -2.26. The molecule has 10 heteroatoms. The van der Waals surface area contributed by atoms with Crippen LogP contribution in [0.25, 0.3) is 10.4 Å². The maximum Gasteiger partial charge on any atom is 0.251 e. The molecule has 0 bridgehead atoms. The minimum Gasteiger partial charge on any atom is -0.388 e. The molecule has 4 rings (SSSR count). The third-order valence-electron chi connectivity index (χ3n) is 5.43. The van der Waals surface area contributed by atoms with E-state index in [9.17, 15) is 19.4 Å². The van der Waals surface area contributed by atoms with Gasteiger partial charge in [0.1, 0.15) is 28.8 Å². The number of anilines is 2. The molecule has 1 aromatic carbocycles. The summed E-state index contributed by atoms with van der Waals surface area (Å²) in [4.78, 5) is 17.1. The van der Waals surface area contributed by atoms with E-state index >= 15 is 0 Å². The molecule has 0 unspecified atom stereocenters. The van der Waals surface area contributed by atoms with Gasteiger partial charge in [-0.3, -0.25) is 4.79 Å². The average Bonchev–Trinajstić information content (AvgIpc) is 3.38. The second-order valence-electron chi connectivity index (χ2n) is 8.56. The van der Waals surface area contributed by atoms with Gasteiger partial charge in [0, 0.05) is 10.4 Å². The Morgan fingerprint density at radius 3 is 2.76 bits per heavy atom. The zero-order chi connectivity index (χ0) is 24.5. The zero-order valence-corrected chi connectivity index (χ0v) is 19.6. The van der Waals surface area contributed by atoms with Crippen LogP contribution >= 0.6 is 11.3 Å². The molecule has 2 aromatic heterocycles. The van der Waals surface area contributed by atoms with Crippen molar-refractivity contribution < 1.29 is 28.9 Å². The van der Waals surface area contributed by atoms with E-state index < -0.39 is 29.5 Å². The highest BCUT2D eigenvalue weighted by molar-refractivity contribution is 7.19. The molecule has 3 aromatic rings. The number of aliphatic hydroxyl groups excluding tert-OH is 1. The van der Waals surface area contributed by atoms with Crippen LogP contribution in [0.1, 0.15) is 35.5 Å². The van der Waals surface area contributed by atoms with Crippen molar-refractivity contribution >= 4 is 28.1 Å². The van der Waals surface area contributed by atoms with Gasteiger partial charge in [-0.05, 0) is 43.7 Å². The number of nitrogens with two attached hydrogens (primary N) is 1. The minimum absolute atomic E-state index is 0.178. The van der Waals surface area contributed by atoms with E-state index in [4.69, 9.17) is 15.2 Å². The topological polar surface area (TPSA) is 127 Å². The number of pyridine rings is 1. The van der Waals surface area contributed by atoms with Crippen molar-refractivity contribution in [1.82, 2.24) is 4.98 Å². The number of primary amides is 1. The van der Waals surface area contributed by atoms with E-state index in [0.29, 0.717) is 39.1 Å². The second-order valence-corrected chi connectivity index (χ2v) is 9.62. The lowest BCUT2D eigenvalue weighted by molar-refractivity contribution is -0.0199. The number of carbonyl (C=O) groups excluding carboxylic acids is 1. The second kappa shape index (κ2) is 9.77. The van der Waals surface area contributed by atoms with Crippen LogP contribution < -0.4 is 11.1 Å². The summed E-state index contributed by atoms with van der Waals surface area (Å²) >= 11 is 1.17. The fourth-order valence-electron chi connectivity index (χ4n) is 3.52. The number of nitrogens with zero attached hydrogens (tertiary/aromatic N) is 1. The number of rotatable bonds is 8. The zero-order valence-electron chi connectivity index (χ0n) is 18.7. The first-order chi connectivity index (χ1) is 16.1. The number of benzene rings is 1. The van der Waals surface area contributed by atoms with Crippen LogP contribution in [-0.4, -0.2) is 46.5 Å². The molecule has 0 aliphatic carbocycles. The van der Waals surface area contributed by atoms with Crippen molar-refractivity contribution in [1.29, 1.82) is 0 Å². The summed E-state index contributed by atoms with van der Waals surface area (Å²) in [6, 6.07) is 11.3.